The average Bonchev–Trinajstić information content (AvgIpc) is 2.66. The van der Waals surface area contributed by atoms with Crippen LogP contribution in [-0.4, -0.2) is 39.1 Å². The Morgan fingerprint density at radius 3 is 2.15 bits per heavy atom. The quantitative estimate of drug-likeness (QED) is 0.623. The van der Waals surface area contributed by atoms with E-state index in [-0.39, 0.29) is 36.2 Å². The summed E-state index contributed by atoms with van der Waals surface area (Å²) in [5.74, 6) is 0.714. The highest BCUT2D eigenvalue weighted by atomic mass is 35.5. The van der Waals surface area contributed by atoms with Crippen LogP contribution in [0.4, 0.5) is 5.69 Å². The summed E-state index contributed by atoms with van der Waals surface area (Å²) in [6, 6.07) is 5.09. The van der Waals surface area contributed by atoms with Gasteiger partial charge in [0.25, 0.3) is 0 Å². The van der Waals surface area contributed by atoms with Crippen LogP contribution < -0.4 is 25.8 Å². The summed E-state index contributed by atoms with van der Waals surface area (Å²) in [7, 11) is 3.08. The van der Waals surface area contributed by atoms with E-state index in [9.17, 15) is 9.59 Å². The number of methoxy groups -OCH3 is 2. The van der Waals surface area contributed by atoms with Crippen LogP contribution in [0.3, 0.4) is 0 Å². The second kappa shape index (κ2) is 11.0. The first-order valence-corrected chi connectivity index (χ1v) is 9.00. The normalized spacial score (nSPS) is 15.2. The topological polar surface area (TPSA) is 103 Å². The molecule has 0 bridgehead atoms. The van der Waals surface area contributed by atoms with Gasteiger partial charge in [-0.15, -0.1) is 12.4 Å². The van der Waals surface area contributed by atoms with Crippen LogP contribution in [-0.2, 0) is 9.59 Å². The summed E-state index contributed by atoms with van der Waals surface area (Å²) in [4.78, 5) is 24.4. The lowest BCUT2D eigenvalue weighted by molar-refractivity contribution is -0.126. The van der Waals surface area contributed by atoms with Gasteiger partial charge in [-0.25, -0.2) is 0 Å². The Labute approximate surface area is 166 Å². The predicted molar refractivity (Wildman–Crippen MR) is 108 cm³/mol. The van der Waals surface area contributed by atoms with Gasteiger partial charge in [-0.05, 0) is 24.8 Å². The second-order valence-electron chi connectivity index (χ2n) is 6.87. The Morgan fingerprint density at radius 1 is 1.04 bits per heavy atom. The van der Waals surface area contributed by atoms with Gasteiger partial charge in [-0.1, -0.05) is 19.3 Å². The predicted octanol–water partition coefficient (Wildman–Crippen LogP) is 2.48. The molecule has 0 aromatic heterocycles. The van der Waals surface area contributed by atoms with Crippen molar-refractivity contribution in [2.75, 3.05) is 32.6 Å². The van der Waals surface area contributed by atoms with Crippen molar-refractivity contribution in [3.63, 3.8) is 0 Å². The maximum atomic E-state index is 12.2. The summed E-state index contributed by atoms with van der Waals surface area (Å²) < 4.78 is 10.3. The Bertz CT molecular complexity index is 611. The lowest BCUT2D eigenvalue weighted by Crippen LogP contribution is -2.40. The standard InChI is InChI=1S/C19H29N3O4.ClH/c1-25-15-8-14(9-16(10-15)26-2)22-18(24)12-21-17(23)11-19(13-20)6-4-3-5-7-19;/h8-10H,3-7,11-13,20H2,1-2H3,(H,21,23)(H,22,24);1H. The molecule has 0 heterocycles. The van der Waals surface area contributed by atoms with Gasteiger partial charge in [0, 0.05) is 30.3 Å². The number of hydrogen-bond acceptors (Lipinski definition) is 5. The fourth-order valence-corrected chi connectivity index (χ4v) is 3.42. The minimum absolute atomic E-state index is 0. The molecule has 1 saturated carbocycles. The second-order valence-corrected chi connectivity index (χ2v) is 6.87. The Hall–Kier alpha value is -1.99. The molecule has 0 radical (unpaired) electrons. The molecule has 1 fully saturated rings. The van der Waals surface area contributed by atoms with E-state index in [4.69, 9.17) is 15.2 Å². The third kappa shape index (κ3) is 6.92. The number of amides is 2. The first kappa shape index (κ1) is 23.0. The number of nitrogens with one attached hydrogen (secondary N) is 2. The van der Waals surface area contributed by atoms with Crippen molar-refractivity contribution >= 4 is 29.9 Å². The van der Waals surface area contributed by atoms with Crippen molar-refractivity contribution in [2.45, 2.75) is 38.5 Å². The van der Waals surface area contributed by atoms with Crippen LogP contribution in [0, 0.1) is 5.41 Å². The zero-order valence-corrected chi connectivity index (χ0v) is 16.8. The number of carbonyl (C=O) groups excluding carboxylic acids is 2. The third-order valence-corrected chi connectivity index (χ3v) is 4.96. The summed E-state index contributed by atoms with van der Waals surface area (Å²) >= 11 is 0. The molecular formula is C19H30ClN3O4. The third-order valence-electron chi connectivity index (χ3n) is 4.96. The molecule has 27 heavy (non-hydrogen) atoms. The minimum atomic E-state index is -0.306. The molecule has 1 aromatic rings. The number of halogens is 1. The smallest absolute Gasteiger partial charge is 0.243 e. The van der Waals surface area contributed by atoms with Gasteiger partial charge in [-0.3, -0.25) is 9.59 Å². The highest BCUT2D eigenvalue weighted by molar-refractivity contribution is 5.94. The molecule has 2 amide bonds. The van der Waals surface area contributed by atoms with Crippen molar-refractivity contribution in [2.24, 2.45) is 11.1 Å². The van der Waals surface area contributed by atoms with Crippen LogP contribution in [0.1, 0.15) is 38.5 Å². The van der Waals surface area contributed by atoms with E-state index in [2.05, 4.69) is 10.6 Å². The zero-order chi connectivity index (χ0) is 19.0. The number of benzene rings is 1. The lowest BCUT2D eigenvalue weighted by atomic mass is 9.71. The van der Waals surface area contributed by atoms with Crippen LogP contribution in [0.15, 0.2) is 18.2 Å². The van der Waals surface area contributed by atoms with E-state index < -0.39 is 0 Å². The SMILES string of the molecule is COc1cc(NC(=O)CNC(=O)CC2(CN)CCCCC2)cc(OC)c1.Cl. The van der Waals surface area contributed by atoms with E-state index in [1.165, 1.54) is 6.42 Å². The maximum absolute atomic E-state index is 12.2. The first-order valence-electron chi connectivity index (χ1n) is 9.00. The molecule has 1 aromatic carbocycles. The van der Waals surface area contributed by atoms with Crippen LogP contribution in [0.2, 0.25) is 0 Å². The Morgan fingerprint density at radius 2 is 1.63 bits per heavy atom. The fourth-order valence-electron chi connectivity index (χ4n) is 3.42. The van der Waals surface area contributed by atoms with Gasteiger partial charge in [0.2, 0.25) is 11.8 Å². The highest BCUT2D eigenvalue weighted by Crippen LogP contribution is 2.38. The molecule has 1 aliphatic carbocycles. The van der Waals surface area contributed by atoms with Crippen LogP contribution in [0.25, 0.3) is 0 Å². The van der Waals surface area contributed by atoms with E-state index in [1.54, 1.807) is 32.4 Å². The van der Waals surface area contributed by atoms with E-state index in [1.807, 2.05) is 0 Å². The largest absolute Gasteiger partial charge is 0.497 e. The summed E-state index contributed by atoms with van der Waals surface area (Å²) in [6.07, 6.45) is 5.77. The van der Waals surface area contributed by atoms with E-state index in [0.29, 0.717) is 30.2 Å². The molecular weight excluding hydrogens is 370 g/mol. The number of nitrogens with two attached hydrogens (primary N) is 1. The van der Waals surface area contributed by atoms with Crippen molar-refractivity contribution in [1.29, 1.82) is 0 Å². The average molecular weight is 400 g/mol. The molecule has 0 aliphatic heterocycles. The molecule has 8 heteroatoms. The van der Waals surface area contributed by atoms with Gasteiger partial charge in [-0.2, -0.15) is 0 Å². The molecule has 0 unspecified atom stereocenters. The summed E-state index contributed by atoms with van der Waals surface area (Å²) in [6.45, 7) is 0.426. The zero-order valence-electron chi connectivity index (χ0n) is 16.0. The number of hydrogen-bond donors (Lipinski definition) is 3. The van der Waals surface area contributed by atoms with Crippen molar-refractivity contribution in [1.82, 2.24) is 5.32 Å². The number of anilines is 1. The van der Waals surface area contributed by atoms with E-state index >= 15 is 0 Å². The molecule has 0 atom stereocenters. The van der Waals surface area contributed by atoms with Gasteiger partial charge >= 0.3 is 0 Å². The van der Waals surface area contributed by atoms with Crippen LogP contribution in [0.5, 0.6) is 11.5 Å². The summed E-state index contributed by atoms with van der Waals surface area (Å²) in [5, 5.41) is 5.43. The molecule has 0 saturated heterocycles. The highest BCUT2D eigenvalue weighted by Gasteiger charge is 2.32. The first-order chi connectivity index (χ1) is 12.5. The molecule has 4 N–H and O–H groups in total. The van der Waals surface area contributed by atoms with Gasteiger partial charge in [0.05, 0.1) is 20.8 Å². The van der Waals surface area contributed by atoms with Gasteiger partial charge in [0.15, 0.2) is 0 Å². The Balaban J connectivity index is 0.00000364. The molecule has 0 spiro atoms. The number of carbonyl (C=O) groups is 2. The van der Waals surface area contributed by atoms with Crippen molar-refractivity contribution in [3.05, 3.63) is 18.2 Å². The lowest BCUT2D eigenvalue weighted by Gasteiger charge is -2.35. The van der Waals surface area contributed by atoms with E-state index in [0.717, 1.165) is 25.7 Å². The minimum Gasteiger partial charge on any atom is -0.497 e. The molecule has 1 aliphatic rings. The molecule has 152 valence electrons. The van der Waals surface area contributed by atoms with Crippen molar-refractivity contribution < 1.29 is 19.1 Å². The van der Waals surface area contributed by atoms with Crippen LogP contribution >= 0.6 is 12.4 Å². The fraction of sp³-hybridized carbons (Fsp3) is 0.579. The van der Waals surface area contributed by atoms with Crippen molar-refractivity contribution in [3.8, 4) is 11.5 Å². The monoisotopic (exact) mass is 399 g/mol. The molecule has 2 rings (SSSR count). The Kier molecular flexibility index (Phi) is 9.38. The number of rotatable bonds is 8. The molecule has 7 nitrogen and oxygen atoms in total. The number of ether oxygens (including phenoxy) is 2. The van der Waals surface area contributed by atoms with Gasteiger partial charge < -0.3 is 25.8 Å². The maximum Gasteiger partial charge on any atom is 0.243 e. The summed E-state index contributed by atoms with van der Waals surface area (Å²) in [5.41, 5.74) is 6.35. The van der Waals surface area contributed by atoms with Gasteiger partial charge in [0.1, 0.15) is 11.5 Å².